The topological polar surface area (TPSA) is 12.5 Å². The largest absolute Gasteiger partial charge is 0.434 e. The Balaban J connectivity index is 2.44. The molecule has 0 aliphatic carbocycles. The molecule has 3 heteroatoms. The first-order chi connectivity index (χ1) is 8.27. The van der Waals surface area contributed by atoms with Crippen LogP contribution < -0.4 is 4.90 Å². The minimum absolute atomic E-state index is 0.370. The molecule has 1 rings (SSSR count). The van der Waals surface area contributed by atoms with Crippen molar-refractivity contribution in [2.45, 2.75) is 33.4 Å². The van der Waals surface area contributed by atoms with Crippen LogP contribution >= 0.6 is 0 Å². The zero-order valence-corrected chi connectivity index (χ0v) is 11.4. The van der Waals surface area contributed by atoms with E-state index in [0.29, 0.717) is 6.92 Å². The van der Waals surface area contributed by atoms with Gasteiger partial charge in [-0.2, -0.15) is 0 Å². The first-order valence-corrected chi connectivity index (χ1v) is 6.69. The van der Waals surface area contributed by atoms with Gasteiger partial charge in [0.1, 0.15) is 0 Å². The standard InChI is InChI=1S/C14H24BNO/c1-4-11-16(12-13-17-15(3)5-2)14-9-7-6-8-10-14/h6-10H,4-5,11-13H2,1-3H3. The van der Waals surface area contributed by atoms with E-state index in [-0.39, 0.29) is 0 Å². The molecule has 0 bridgehead atoms. The third-order valence-corrected chi connectivity index (χ3v) is 2.95. The van der Waals surface area contributed by atoms with E-state index in [2.05, 4.69) is 55.9 Å². The lowest BCUT2D eigenvalue weighted by atomic mass is 9.68. The molecule has 17 heavy (non-hydrogen) atoms. The summed E-state index contributed by atoms with van der Waals surface area (Å²) < 4.78 is 5.75. The summed E-state index contributed by atoms with van der Waals surface area (Å²) in [5.41, 5.74) is 1.29. The lowest BCUT2D eigenvalue weighted by molar-refractivity contribution is 0.329. The Kier molecular flexibility index (Phi) is 6.79. The van der Waals surface area contributed by atoms with E-state index < -0.39 is 0 Å². The molecule has 0 spiro atoms. The van der Waals surface area contributed by atoms with Gasteiger partial charge < -0.3 is 9.55 Å². The average molecular weight is 233 g/mol. The fourth-order valence-electron chi connectivity index (χ4n) is 1.76. The maximum absolute atomic E-state index is 5.75. The molecular formula is C14H24BNO. The zero-order valence-electron chi connectivity index (χ0n) is 11.4. The fourth-order valence-corrected chi connectivity index (χ4v) is 1.76. The van der Waals surface area contributed by atoms with Crippen LogP contribution in [-0.2, 0) is 4.65 Å². The van der Waals surface area contributed by atoms with Crippen LogP contribution in [0.25, 0.3) is 0 Å². The molecule has 0 aliphatic rings. The Labute approximate surface area is 106 Å². The number of anilines is 1. The molecule has 0 aromatic heterocycles. The summed E-state index contributed by atoms with van der Waals surface area (Å²) in [4.78, 5) is 2.39. The lowest BCUT2D eigenvalue weighted by Crippen LogP contribution is -2.29. The highest BCUT2D eigenvalue weighted by atomic mass is 16.4. The van der Waals surface area contributed by atoms with Crippen LogP contribution in [0.5, 0.6) is 0 Å². The predicted molar refractivity (Wildman–Crippen MR) is 77.0 cm³/mol. The number of hydrogen-bond donors (Lipinski definition) is 0. The summed E-state index contributed by atoms with van der Waals surface area (Å²) in [6, 6.07) is 10.6. The quantitative estimate of drug-likeness (QED) is 0.636. The Morgan fingerprint density at radius 3 is 2.41 bits per heavy atom. The Morgan fingerprint density at radius 1 is 1.12 bits per heavy atom. The normalized spacial score (nSPS) is 10.3. The van der Waals surface area contributed by atoms with E-state index in [1.807, 2.05) is 0 Å². The SMILES string of the molecule is CCCN(CCOB(C)CC)c1ccccc1. The third kappa shape index (κ3) is 5.27. The van der Waals surface area contributed by atoms with Crippen LogP contribution in [0.3, 0.4) is 0 Å². The highest BCUT2D eigenvalue weighted by Crippen LogP contribution is 2.13. The van der Waals surface area contributed by atoms with E-state index in [1.54, 1.807) is 0 Å². The minimum atomic E-state index is 0.370. The highest BCUT2D eigenvalue weighted by molar-refractivity contribution is 6.49. The van der Waals surface area contributed by atoms with Crippen LogP contribution in [0.2, 0.25) is 13.1 Å². The predicted octanol–water partition coefficient (Wildman–Crippen LogP) is 3.56. The fraction of sp³-hybridized carbons (Fsp3) is 0.571. The van der Waals surface area contributed by atoms with Crippen LogP contribution in [0.4, 0.5) is 5.69 Å². The van der Waals surface area contributed by atoms with Gasteiger partial charge in [0.05, 0.1) is 0 Å². The smallest absolute Gasteiger partial charge is 0.289 e. The highest BCUT2D eigenvalue weighted by Gasteiger charge is 2.07. The molecular weight excluding hydrogens is 209 g/mol. The molecule has 94 valence electrons. The number of benzene rings is 1. The van der Waals surface area contributed by atoms with E-state index >= 15 is 0 Å². The van der Waals surface area contributed by atoms with E-state index in [9.17, 15) is 0 Å². The van der Waals surface area contributed by atoms with Crippen molar-refractivity contribution in [3.8, 4) is 0 Å². The van der Waals surface area contributed by atoms with Crippen molar-refractivity contribution in [1.82, 2.24) is 0 Å². The van der Waals surface area contributed by atoms with Crippen LogP contribution in [0.15, 0.2) is 30.3 Å². The number of para-hydroxylation sites is 1. The monoisotopic (exact) mass is 233 g/mol. The number of rotatable bonds is 8. The second-order valence-electron chi connectivity index (χ2n) is 4.41. The van der Waals surface area contributed by atoms with Gasteiger partial charge in [-0.15, -0.1) is 0 Å². The minimum Gasteiger partial charge on any atom is -0.434 e. The first kappa shape index (κ1) is 14.1. The molecule has 0 saturated heterocycles. The molecule has 0 heterocycles. The van der Waals surface area contributed by atoms with Crippen molar-refractivity contribution >= 4 is 12.6 Å². The summed E-state index contributed by atoms with van der Waals surface area (Å²) in [5.74, 6) is 0. The molecule has 0 amide bonds. The van der Waals surface area contributed by atoms with Crippen molar-refractivity contribution < 1.29 is 4.65 Å². The Bertz CT molecular complexity index is 292. The van der Waals surface area contributed by atoms with Gasteiger partial charge in [-0.3, -0.25) is 0 Å². The van der Waals surface area contributed by atoms with E-state index in [0.717, 1.165) is 32.4 Å². The molecule has 0 atom stereocenters. The molecule has 1 aromatic carbocycles. The second-order valence-corrected chi connectivity index (χ2v) is 4.41. The second kappa shape index (κ2) is 8.18. The van der Waals surface area contributed by atoms with Gasteiger partial charge in [0.15, 0.2) is 0 Å². The molecule has 0 unspecified atom stereocenters. The number of nitrogens with zero attached hydrogens (tertiary/aromatic N) is 1. The molecule has 1 aromatic rings. The third-order valence-electron chi connectivity index (χ3n) is 2.95. The molecule has 0 aliphatic heterocycles. The van der Waals surface area contributed by atoms with Crippen LogP contribution in [-0.4, -0.2) is 26.6 Å². The maximum atomic E-state index is 5.75. The average Bonchev–Trinajstić information content (AvgIpc) is 2.38. The van der Waals surface area contributed by atoms with Crippen molar-refractivity contribution in [2.75, 3.05) is 24.6 Å². The molecule has 0 radical (unpaired) electrons. The molecule has 2 nitrogen and oxygen atoms in total. The first-order valence-electron chi connectivity index (χ1n) is 6.69. The van der Waals surface area contributed by atoms with Crippen molar-refractivity contribution in [3.63, 3.8) is 0 Å². The summed E-state index contributed by atoms with van der Waals surface area (Å²) in [5, 5.41) is 0. The molecule has 0 N–H and O–H groups in total. The lowest BCUT2D eigenvalue weighted by Gasteiger charge is -2.24. The van der Waals surface area contributed by atoms with Gasteiger partial charge in [-0.05, 0) is 18.6 Å². The van der Waals surface area contributed by atoms with Gasteiger partial charge in [-0.1, -0.05) is 45.2 Å². The summed E-state index contributed by atoms with van der Waals surface area (Å²) in [7, 11) is 0. The summed E-state index contributed by atoms with van der Waals surface area (Å²) >= 11 is 0. The van der Waals surface area contributed by atoms with Gasteiger partial charge in [0.2, 0.25) is 0 Å². The maximum Gasteiger partial charge on any atom is 0.289 e. The Morgan fingerprint density at radius 2 is 1.82 bits per heavy atom. The van der Waals surface area contributed by atoms with Crippen molar-refractivity contribution in [1.29, 1.82) is 0 Å². The van der Waals surface area contributed by atoms with Crippen LogP contribution in [0.1, 0.15) is 20.3 Å². The molecule has 0 saturated carbocycles. The van der Waals surface area contributed by atoms with Crippen LogP contribution in [0, 0.1) is 0 Å². The summed E-state index contributed by atoms with van der Waals surface area (Å²) in [6.45, 7) is 9.75. The van der Waals surface area contributed by atoms with E-state index in [1.165, 1.54) is 5.69 Å². The van der Waals surface area contributed by atoms with Crippen molar-refractivity contribution in [3.05, 3.63) is 30.3 Å². The van der Waals surface area contributed by atoms with Gasteiger partial charge >= 0.3 is 0 Å². The summed E-state index contributed by atoms with van der Waals surface area (Å²) in [6.07, 6.45) is 2.25. The Hall–Kier alpha value is -0.955. The van der Waals surface area contributed by atoms with Gasteiger partial charge in [0, 0.05) is 25.4 Å². The van der Waals surface area contributed by atoms with Gasteiger partial charge in [0.25, 0.3) is 6.92 Å². The van der Waals surface area contributed by atoms with E-state index in [4.69, 9.17) is 4.65 Å². The zero-order chi connectivity index (χ0) is 12.5. The molecule has 0 fully saturated rings. The van der Waals surface area contributed by atoms with Gasteiger partial charge in [-0.25, -0.2) is 0 Å². The number of hydrogen-bond acceptors (Lipinski definition) is 2. The van der Waals surface area contributed by atoms with Crippen molar-refractivity contribution in [2.24, 2.45) is 0 Å².